The third-order valence-corrected chi connectivity index (χ3v) is 3.66. The van der Waals surface area contributed by atoms with E-state index in [0.29, 0.717) is 0 Å². The first-order valence-corrected chi connectivity index (χ1v) is 7.53. The minimum absolute atomic E-state index is 0.913. The quantitative estimate of drug-likeness (QED) is 0.660. The van der Waals surface area contributed by atoms with Crippen LogP contribution in [0.5, 0.6) is 0 Å². The van der Waals surface area contributed by atoms with Gasteiger partial charge in [-0.15, -0.1) is 0 Å². The third-order valence-electron chi connectivity index (χ3n) is 3.66. The number of para-hydroxylation sites is 1. The first kappa shape index (κ1) is 15.8. The van der Waals surface area contributed by atoms with E-state index in [0.717, 1.165) is 16.9 Å². The van der Waals surface area contributed by atoms with Gasteiger partial charge in [0.2, 0.25) is 0 Å². The predicted molar refractivity (Wildman–Crippen MR) is 98.7 cm³/mol. The van der Waals surface area contributed by atoms with Crippen LogP contribution in [0.15, 0.2) is 73.3 Å². The van der Waals surface area contributed by atoms with Gasteiger partial charge in [0.25, 0.3) is 0 Å². The summed E-state index contributed by atoms with van der Waals surface area (Å²) in [4.78, 5) is 0. The lowest BCUT2D eigenvalue weighted by Gasteiger charge is -2.12. The Balaban J connectivity index is 2.13. The Morgan fingerprint density at radius 2 is 1.64 bits per heavy atom. The zero-order chi connectivity index (χ0) is 15.9. The van der Waals surface area contributed by atoms with Gasteiger partial charge in [-0.2, -0.15) is 0 Å². The summed E-state index contributed by atoms with van der Waals surface area (Å²) >= 11 is 0. The van der Waals surface area contributed by atoms with Gasteiger partial charge in [0.15, 0.2) is 0 Å². The van der Waals surface area contributed by atoms with E-state index in [1.807, 2.05) is 25.1 Å². The van der Waals surface area contributed by atoms with Crippen LogP contribution in [0, 0.1) is 6.92 Å². The van der Waals surface area contributed by atoms with Crippen molar-refractivity contribution in [2.45, 2.75) is 20.8 Å². The second-order valence-electron chi connectivity index (χ2n) is 5.37. The lowest BCUT2D eigenvalue weighted by atomic mass is 10.0. The van der Waals surface area contributed by atoms with Crippen LogP contribution in [0.3, 0.4) is 0 Å². The Morgan fingerprint density at radius 3 is 2.27 bits per heavy atom. The van der Waals surface area contributed by atoms with E-state index < -0.39 is 0 Å². The molecule has 0 amide bonds. The largest absolute Gasteiger partial charge is 0.355 e. The molecule has 0 heterocycles. The maximum absolute atomic E-state index is 4.15. The van der Waals surface area contributed by atoms with E-state index in [-0.39, 0.29) is 0 Å². The number of aryl methyl sites for hydroxylation is 1. The summed E-state index contributed by atoms with van der Waals surface area (Å²) < 4.78 is 0. The molecule has 1 heteroatoms. The summed E-state index contributed by atoms with van der Waals surface area (Å²) in [7, 11) is 0. The molecule has 0 aliphatic heterocycles. The smallest absolute Gasteiger partial charge is 0.0413 e. The Bertz CT molecular complexity index is 703. The molecule has 112 valence electrons. The lowest BCUT2D eigenvalue weighted by molar-refractivity contribution is 1.43. The molecule has 2 rings (SSSR count). The molecule has 0 aliphatic rings. The Kier molecular flexibility index (Phi) is 5.37. The molecule has 0 aliphatic carbocycles. The number of rotatable bonds is 5. The maximum Gasteiger partial charge on any atom is 0.0413 e. The van der Waals surface area contributed by atoms with Crippen molar-refractivity contribution in [1.29, 1.82) is 0 Å². The fourth-order valence-electron chi connectivity index (χ4n) is 2.22. The summed E-state index contributed by atoms with van der Waals surface area (Å²) in [6.07, 6.45) is 6.21. The molecule has 2 aromatic carbocycles. The lowest BCUT2D eigenvalue weighted by Crippen LogP contribution is -1.99. The van der Waals surface area contributed by atoms with Crippen LogP contribution in [0.1, 0.15) is 30.5 Å². The average molecular weight is 289 g/mol. The molecule has 0 bridgehead atoms. The van der Waals surface area contributed by atoms with Crippen LogP contribution in [-0.2, 0) is 0 Å². The van der Waals surface area contributed by atoms with Gasteiger partial charge >= 0.3 is 0 Å². The van der Waals surface area contributed by atoms with Crippen molar-refractivity contribution in [1.82, 2.24) is 0 Å². The average Bonchev–Trinajstić information content (AvgIpc) is 2.55. The van der Waals surface area contributed by atoms with E-state index in [2.05, 4.69) is 74.3 Å². The standard InChI is InChI=1S/C21H23N/c1-5-6-9-16(2)19-12-14-20(15-13-19)18(4)22-21-11-8-7-10-17(21)3/h5-15,22H,4H2,1-3H3/b6-5-,16-9+. The summed E-state index contributed by atoms with van der Waals surface area (Å²) in [6, 6.07) is 16.7. The number of allylic oxidation sites excluding steroid dienone is 4. The highest BCUT2D eigenvalue weighted by molar-refractivity contribution is 5.77. The molecule has 0 fully saturated rings. The molecule has 2 aromatic rings. The Hall–Kier alpha value is -2.54. The number of benzene rings is 2. The number of anilines is 1. The molecular formula is C21H23N. The highest BCUT2D eigenvalue weighted by Gasteiger charge is 2.02. The van der Waals surface area contributed by atoms with Crippen LogP contribution < -0.4 is 5.32 Å². The molecule has 0 saturated carbocycles. The summed E-state index contributed by atoms with van der Waals surface area (Å²) in [6.45, 7) is 10.4. The first-order valence-electron chi connectivity index (χ1n) is 7.53. The highest BCUT2D eigenvalue weighted by Crippen LogP contribution is 2.22. The van der Waals surface area contributed by atoms with Gasteiger partial charge in [-0.25, -0.2) is 0 Å². The molecule has 0 radical (unpaired) electrons. The highest BCUT2D eigenvalue weighted by atomic mass is 14.9. The number of hydrogen-bond donors (Lipinski definition) is 1. The van der Waals surface area contributed by atoms with Crippen molar-refractivity contribution in [2.24, 2.45) is 0 Å². The SMILES string of the molecule is C=C(Nc1ccccc1C)c1ccc(/C(C)=C/C=C\C)cc1. The molecule has 1 N–H and O–H groups in total. The molecule has 0 unspecified atom stereocenters. The van der Waals surface area contributed by atoms with Gasteiger partial charge in [0.05, 0.1) is 0 Å². The van der Waals surface area contributed by atoms with E-state index in [9.17, 15) is 0 Å². The topological polar surface area (TPSA) is 12.0 Å². The normalized spacial score (nSPS) is 11.7. The maximum atomic E-state index is 4.15. The third kappa shape index (κ3) is 3.98. The molecule has 22 heavy (non-hydrogen) atoms. The van der Waals surface area contributed by atoms with Gasteiger partial charge in [0.1, 0.15) is 0 Å². The van der Waals surface area contributed by atoms with Crippen LogP contribution >= 0.6 is 0 Å². The van der Waals surface area contributed by atoms with Crippen molar-refractivity contribution < 1.29 is 0 Å². The number of nitrogens with one attached hydrogen (secondary N) is 1. The second kappa shape index (κ2) is 7.46. The summed E-state index contributed by atoms with van der Waals surface area (Å²) in [5.41, 5.74) is 6.81. The van der Waals surface area contributed by atoms with Crippen LogP contribution in [0.4, 0.5) is 5.69 Å². The van der Waals surface area contributed by atoms with E-state index in [1.54, 1.807) is 0 Å². The van der Waals surface area contributed by atoms with Gasteiger partial charge in [0, 0.05) is 11.4 Å². The number of hydrogen-bond acceptors (Lipinski definition) is 1. The van der Waals surface area contributed by atoms with Crippen molar-refractivity contribution in [3.05, 3.63) is 90.0 Å². The van der Waals surface area contributed by atoms with E-state index >= 15 is 0 Å². The van der Waals surface area contributed by atoms with Crippen molar-refractivity contribution >= 4 is 17.0 Å². The Labute approximate surface area is 133 Å². The van der Waals surface area contributed by atoms with Gasteiger partial charge in [-0.3, -0.25) is 0 Å². The minimum atomic E-state index is 0.913. The fourth-order valence-corrected chi connectivity index (χ4v) is 2.22. The summed E-state index contributed by atoms with van der Waals surface area (Å²) in [5.74, 6) is 0. The van der Waals surface area contributed by atoms with Crippen molar-refractivity contribution in [2.75, 3.05) is 5.32 Å². The zero-order valence-corrected chi connectivity index (χ0v) is 13.6. The van der Waals surface area contributed by atoms with Gasteiger partial charge in [-0.05, 0) is 49.1 Å². The monoisotopic (exact) mass is 289 g/mol. The minimum Gasteiger partial charge on any atom is -0.355 e. The van der Waals surface area contributed by atoms with E-state index in [4.69, 9.17) is 0 Å². The summed E-state index contributed by atoms with van der Waals surface area (Å²) in [5, 5.41) is 3.39. The molecule has 0 spiro atoms. The molecule has 0 atom stereocenters. The van der Waals surface area contributed by atoms with Gasteiger partial charge in [-0.1, -0.05) is 67.3 Å². The predicted octanol–water partition coefficient (Wildman–Crippen LogP) is 6.06. The second-order valence-corrected chi connectivity index (χ2v) is 5.37. The van der Waals surface area contributed by atoms with Crippen LogP contribution in [0.2, 0.25) is 0 Å². The van der Waals surface area contributed by atoms with Crippen LogP contribution in [-0.4, -0.2) is 0 Å². The molecular weight excluding hydrogens is 266 g/mol. The molecule has 1 nitrogen and oxygen atoms in total. The molecule has 0 aromatic heterocycles. The first-order chi connectivity index (χ1) is 10.6. The van der Waals surface area contributed by atoms with Crippen molar-refractivity contribution in [3.63, 3.8) is 0 Å². The molecule has 0 saturated heterocycles. The zero-order valence-electron chi connectivity index (χ0n) is 13.6. The Morgan fingerprint density at radius 1 is 1.00 bits per heavy atom. The van der Waals surface area contributed by atoms with Crippen LogP contribution in [0.25, 0.3) is 11.3 Å². The fraction of sp³-hybridized carbons (Fsp3) is 0.143. The van der Waals surface area contributed by atoms with E-state index in [1.165, 1.54) is 16.7 Å². The van der Waals surface area contributed by atoms with Crippen molar-refractivity contribution in [3.8, 4) is 0 Å². The van der Waals surface area contributed by atoms with Gasteiger partial charge < -0.3 is 5.32 Å².